The second-order valence-corrected chi connectivity index (χ2v) is 5.37. The highest BCUT2D eigenvalue weighted by molar-refractivity contribution is 7.10. The molecule has 1 aromatic carbocycles. The topological polar surface area (TPSA) is 61.4 Å². The van der Waals surface area contributed by atoms with E-state index in [1.54, 1.807) is 19.1 Å². The standard InChI is InChI=1S/C14H16N2O2S/c1-14(18,12-8-5-9-19-12)10-15-13(17)16-11-6-3-2-4-7-11/h2-9,18H,10H2,1H3,(H2,15,16,17). The molecule has 0 aliphatic heterocycles. The summed E-state index contributed by atoms with van der Waals surface area (Å²) in [5.74, 6) is 0. The lowest BCUT2D eigenvalue weighted by Crippen LogP contribution is -2.40. The molecule has 100 valence electrons. The summed E-state index contributed by atoms with van der Waals surface area (Å²) in [6, 6.07) is 12.6. The van der Waals surface area contributed by atoms with E-state index in [0.29, 0.717) is 0 Å². The third-order valence-electron chi connectivity index (χ3n) is 2.68. The monoisotopic (exact) mass is 276 g/mol. The molecule has 1 atom stereocenters. The Balaban J connectivity index is 1.87. The number of hydrogen-bond donors (Lipinski definition) is 3. The number of carbonyl (C=O) groups is 1. The lowest BCUT2D eigenvalue weighted by atomic mass is 10.1. The molecule has 2 rings (SSSR count). The molecule has 1 heterocycles. The van der Waals surface area contributed by atoms with E-state index in [-0.39, 0.29) is 12.6 Å². The first-order chi connectivity index (χ1) is 9.08. The zero-order chi connectivity index (χ0) is 13.7. The summed E-state index contributed by atoms with van der Waals surface area (Å²) in [5, 5.41) is 17.5. The van der Waals surface area contributed by atoms with Crippen molar-refractivity contribution < 1.29 is 9.90 Å². The molecule has 4 nitrogen and oxygen atoms in total. The highest BCUT2D eigenvalue weighted by Gasteiger charge is 2.24. The van der Waals surface area contributed by atoms with Gasteiger partial charge in [-0.1, -0.05) is 24.3 Å². The molecule has 0 bridgehead atoms. The first-order valence-corrected chi connectivity index (χ1v) is 6.82. The molecule has 2 aromatic rings. The zero-order valence-corrected chi connectivity index (χ0v) is 11.4. The number of amides is 2. The van der Waals surface area contributed by atoms with Crippen molar-refractivity contribution in [3.05, 3.63) is 52.7 Å². The first kappa shape index (κ1) is 13.6. The Morgan fingerprint density at radius 1 is 1.26 bits per heavy atom. The van der Waals surface area contributed by atoms with Crippen molar-refractivity contribution in [1.29, 1.82) is 0 Å². The highest BCUT2D eigenvalue weighted by atomic mass is 32.1. The molecule has 1 unspecified atom stereocenters. The Labute approximate surface area is 116 Å². The van der Waals surface area contributed by atoms with E-state index in [0.717, 1.165) is 10.6 Å². The molecule has 2 amide bonds. The number of rotatable bonds is 4. The minimum absolute atomic E-state index is 0.159. The Bertz CT molecular complexity index is 524. The fourth-order valence-electron chi connectivity index (χ4n) is 1.62. The highest BCUT2D eigenvalue weighted by Crippen LogP contribution is 2.24. The van der Waals surface area contributed by atoms with Crippen LogP contribution in [0.3, 0.4) is 0 Å². The largest absolute Gasteiger partial charge is 0.383 e. The number of thiophene rings is 1. The van der Waals surface area contributed by atoms with Crippen LogP contribution in [-0.4, -0.2) is 17.7 Å². The van der Waals surface area contributed by atoms with Gasteiger partial charge in [0.25, 0.3) is 0 Å². The average Bonchev–Trinajstić information content (AvgIpc) is 2.92. The van der Waals surface area contributed by atoms with Gasteiger partial charge in [0.1, 0.15) is 5.60 Å². The fraction of sp³-hybridized carbons (Fsp3) is 0.214. The van der Waals surface area contributed by atoms with E-state index in [9.17, 15) is 9.90 Å². The maximum absolute atomic E-state index is 11.7. The normalized spacial score (nSPS) is 13.6. The lowest BCUT2D eigenvalue weighted by Gasteiger charge is -2.22. The number of aliphatic hydroxyl groups is 1. The number of para-hydroxylation sites is 1. The van der Waals surface area contributed by atoms with E-state index in [1.165, 1.54) is 11.3 Å². The third kappa shape index (κ3) is 3.81. The Morgan fingerprint density at radius 3 is 2.63 bits per heavy atom. The van der Waals surface area contributed by atoms with Gasteiger partial charge in [-0.05, 0) is 30.5 Å². The van der Waals surface area contributed by atoms with Gasteiger partial charge in [0.2, 0.25) is 0 Å². The summed E-state index contributed by atoms with van der Waals surface area (Å²) >= 11 is 1.46. The Morgan fingerprint density at radius 2 is 2.00 bits per heavy atom. The van der Waals surface area contributed by atoms with Crippen LogP contribution in [0.4, 0.5) is 10.5 Å². The number of anilines is 1. The number of nitrogens with one attached hydrogen (secondary N) is 2. The zero-order valence-electron chi connectivity index (χ0n) is 10.6. The molecule has 5 heteroatoms. The molecule has 0 aliphatic rings. The van der Waals surface area contributed by atoms with Crippen molar-refractivity contribution in [2.45, 2.75) is 12.5 Å². The van der Waals surface area contributed by atoms with Gasteiger partial charge >= 0.3 is 6.03 Å². The number of carbonyl (C=O) groups excluding carboxylic acids is 1. The van der Waals surface area contributed by atoms with E-state index in [2.05, 4.69) is 10.6 Å². The van der Waals surface area contributed by atoms with Crippen molar-refractivity contribution in [3.8, 4) is 0 Å². The van der Waals surface area contributed by atoms with Crippen LogP contribution in [0.2, 0.25) is 0 Å². The summed E-state index contributed by atoms with van der Waals surface area (Å²) in [6.07, 6.45) is 0. The molecular weight excluding hydrogens is 260 g/mol. The first-order valence-electron chi connectivity index (χ1n) is 5.94. The molecule has 0 spiro atoms. The molecular formula is C14H16N2O2S. The van der Waals surface area contributed by atoms with Crippen molar-refractivity contribution in [3.63, 3.8) is 0 Å². The SMILES string of the molecule is CC(O)(CNC(=O)Nc1ccccc1)c1cccs1. The van der Waals surface area contributed by atoms with Gasteiger partial charge in [0, 0.05) is 10.6 Å². The second-order valence-electron chi connectivity index (χ2n) is 4.42. The molecule has 1 aromatic heterocycles. The Kier molecular flexibility index (Phi) is 4.19. The third-order valence-corrected chi connectivity index (χ3v) is 3.80. The van der Waals surface area contributed by atoms with Crippen molar-refractivity contribution >= 4 is 23.1 Å². The smallest absolute Gasteiger partial charge is 0.319 e. The van der Waals surface area contributed by atoms with Gasteiger partial charge in [0.05, 0.1) is 6.54 Å². The van der Waals surface area contributed by atoms with Gasteiger partial charge in [-0.25, -0.2) is 4.79 Å². The number of benzene rings is 1. The Hall–Kier alpha value is -1.85. The van der Waals surface area contributed by atoms with Crippen LogP contribution in [-0.2, 0) is 5.60 Å². The molecule has 0 aliphatic carbocycles. The molecule has 0 fully saturated rings. The van der Waals surface area contributed by atoms with Crippen molar-refractivity contribution in [2.75, 3.05) is 11.9 Å². The van der Waals surface area contributed by atoms with Crippen LogP contribution >= 0.6 is 11.3 Å². The molecule has 0 saturated carbocycles. The molecule has 3 N–H and O–H groups in total. The summed E-state index contributed by atoms with van der Waals surface area (Å²) < 4.78 is 0. The van der Waals surface area contributed by atoms with E-state index in [1.807, 2.05) is 35.7 Å². The predicted molar refractivity (Wildman–Crippen MR) is 77.4 cm³/mol. The van der Waals surface area contributed by atoms with Crippen LogP contribution in [0.5, 0.6) is 0 Å². The van der Waals surface area contributed by atoms with E-state index < -0.39 is 5.60 Å². The predicted octanol–water partition coefficient (Wildman–Crippen LogP) is 2.78. The molecule has 19 heavy (non-hydrogen) atoms. The summed E-state index contributed by atoms with van der Waals surface area (Å²) in [4.78, 5) is 12.5. The van der Waals surface area contributed by atoms with Gasteiger partial charge in [-0.15, -0.1) is 11.3 Å². The van der Waals surface area contributed by atoms with Gasteiger partial charge in [-0.2, -0.15) is 0 Å². The summed E-state index contributed by atoms with van der Waals surface area (Å²) in [7, 11) is 0. The minimum atomic E-state index is -1.05. The second kappa shape index (κ2) is 5.86. The maximum atomic E-state index is 11.7. The number of urea groups is 1. The van der Waals surface area contributed by atoms with Gasteiger partial charge in [0.15, 0.2) is 0 Å². The maximum Gasteiger partial charge on any atom is 0.319 e. The quantitative estimate of drug-likeness (QED) is 0.804. The van der Waals surface area contributed by atoms with Gasteiger partial charge in [-0.3, -0.25) is 0 Å². The fourth-order valence-corrected chi connectivity index (χ4v) is 2.41. The van der Waals surface area contributed by atoms with Crippen LogP contribution in [0.15, 0.2) is 47.8 Å². The summed E-state index contributed by atoms with van der Waals surface area (Å²) in [5.41, 5.74) is -0.335. The van der Waals surface area contributed by atoms with Crippen LogP contribution < -0.4 is 10.6 Å². The van der Waals surface area contributed by atoms with Crippen molar-refractivity contribution in [1.82, 2.24) is 5.32 Å². The van der Waals surface area contributed by atoms with E-state index in [4.69, 9.17) is 0 Å². The van der Waals surface area contributed by atoms with Crippen LogP contribution in [0.1, 0.15) is 11.8 Å². The lowest BCUT2D eigenvalue weighted by molar-refractivity contribution is 0.0637. The minimum Gasteiger partial charge on any atom is -0.383 e. The molecule has 0 saturated heterocycles. The van der Waals surface area contributed by atoms with E-state index >= 15 is 0 Å². The average molecular weight is 276 g/mol. The molecule has 0 radical (unpaired) electrons. The van der Waals surface area contributed by atoms with Crippen molar-refractivity contribution in [2.24, 2.45) is 0 Å². The van der Waals surface area contributed by atoms with Crippen LogP contribution in [0.25, 0.3) is 0 Å². The number of hydrogen-bond acceptors (Lipinski definition) is 3. The summed E-state index contributed by atoms with van der Waals surface area (Å²) in [6.45, 7) is 1.84. The van der Waals surface area contributed by atoms with Crippen LogP contribution in [0, 0.1) is 0 Å². The van der Waals surface area contributed by atoms with Gasteiger partial charge < -0.3 is 15.7 Å².